The first kappa shape index (κ1) is 13.0. The molecule has 1 unspecified atom stereocenters. The van der Waals surface area contributed by atoms with Crippen LogP contribution in [0.1, 0.15) is 36.4 Å². The van der Waals surface area contributed by atoms with Crippen LogP contribution >= 0.6 is 0 Å². The Hall–Kier alpha value is -1.98. The van der Waals surface area contributed by atoms with E-state index in [4.69, 9.17) is 0 Å². The summed E-state index contributed by atoms with van der Waals surface area (Å²) in [4.78, 5) is 13.4. The summed E-state index contributed by atoms with van der Waals surface area (Å²) in [5, 5.41) is 8.03. The van der Waals surface area contributed by atoms with E-state index in [1.54, 1.807) is 6.20 Å². The van der Waals surface area contributed by atoms with Crippen LogP contribution in [0.3, 0.4) is 0 Å². The van der Waals surface area contributed by atoms with Crippen molar-refractivity contribution in [1.82, 2.24) is 24.7 Å². The van der Waals surface area contributed by atoms with Crippen molar-refractivity contribution < 1.29 is 0 Å². The standard InChI is InChI=1S/C14H20N6/c1-4-12-18-13-6-5-11(8-20(13)19-12)17-14-10(3)15-7-9(2)16-14/h7,11H,4-6,8H2,1-3H3,(H,16,17). The van der Waals surface area contributed by atoms with E-state index in [1.807, 2.05) is 18.5 Å². The van der Waals surface area contributed by atoms with Gasteiger partial charge in [0.05, 0.1) is 17.9 Å². The second kappa shape index (κ2) is 5.19. The van der Waals surface area contributed by atoms with Crippen LogP contribution in [0.25, 0.3) is 0 Å². The third-order valence-corrected chi connectivity index (χ3v) is 3.63. The minimum absolute atomic E-state index is 0.337. The minimum atomic E-state index is 0.337. The van der Waals surface area contributed by atoms with Gasteiger partial charge in [-0.1, -0.05) is 6.92 Å². The Morgan fingerprint density at radius 1 is 1.35 bits per heavy atom. The van der Waals surface area contributed by atoms with Crippen molar-refractivity contribution in [2.75, 3.05) is 5.32 Å². The van der Waals surface area contributed by atoms with Crippen molar-refractivity contribution in [3.63, 3.8) is 0 Å². The van der Waals surface area contributed by atoms with Crippen LogP contribution in [0.4, 0.5) is 5.82 Å². The number of aromatic nitrogens is 5. The van der Waals surface area contributed by atoms with Gasteiger partial charge in [0.15, 0.2) is 5.82 Å². The van der Waals surface area contributed by atoms with E-state index in [-0.39, 0.29) is 0 Å². The monoisotopic (exact) mass is 272 g/mol. The molecule has 106 valence electrons. The number of anilines is 1. The maximum atomic E-state index is 4.54. The first-order valence-corrected chi connectivity index (χ1v) is 7.15. The van der Waals surface area contributed by atoms with Gasteiger partial charge in [0.2, 0.25) is 0 Å². The van der Waals surface area contributed by atoms with Gasteiger partial charge in [0.1, 0.15) is 11.6 Å². The molecule has 20 heavy (non-hydrogen) atoms. The quantitative estimate of drug-likeness (QED) is 0.920. The van der Waals surface area contributed by atoms with Gasteiger partial charge in [0, 0.05) is 25.1 Å². The summed E-state index contributed by atoms with van der Waals surface area (Å²) in [6.07, 6.45) is 4.70. The molecule has 2 aromatic heterocycles. The maximum Gasteiger partial charge on any atom is 0.150 e. The zero-order valence-electron chi connectivity index (χ0n) is 12.2. The summed E-state index contributed by atoms with van der Waals surface area (Å²) in [5.74, 6) is 2.92. The summed E-state index contributed by atoms with van der Waals surface area (Å²) in [6.45, 7) is 6.87. The van der Waals surface area contributed by atoms with Crippen LogP contribution in [0.5, 0.6) is 0 Å². The smallest absolute Gasteiger partial charge is 0.150 e. The van der Waals surface area contributed by atoms with Crippen molar-refractivity contribution in [2.24, 2.45) is 0 Å². The summed E-state index contributed by atoms with van der Waals surface area (Å²) >= 11 is 0. The molecule has 0 saturated heterocycles. The fourth-order valence-electron chi connectivity index (χ4n) is 2.50. The van der Waals surface area contributed by atoms with Gasteiger partial charge in [-0.25, -0.2) is 14.6 Å². The zero-order valence-corrected chi connectivity index (χ0v) is 12.2. The number of aryl methyl sites for hydroxylation is 4. The topological polar surface area (TPSA) is 68.5 Å². The van der Waals surface area contributed by atoms with E-state index < -0.39 is 0 Å². The van der Waals surface area contributed by atoms with Crippen LogP contribution in [0, 0.1) is 13.8 Å². The molecule has 0 aromatic carbocycles. The number of rotatable bonds is 3. The zero-order chi connectivity index (χ0) is 14.1. The predicted molar refractivity (Wildman–Crippen MR) is 76.6 cm³/mol. The Balaban J connectivity index is 1.75. The van der Waals surface area contributed by atoms with Crippen molar-refractivity contribution in [2.45, 2.75) is 52.6 Å². The van der Waals surface area contributed by atoms with E-state index in [0.717, 1.165) is 54.7 Å². The summed E-state index contributed by atoms with van der Waals surface area (Å²) < 4.78 is 2.03. The predicted octanol–water partition coefficient (Wildman–Crippen LogP) is 1.67. The maximum absolute atomic E-state index is 4.54. The molecule has 0 amide bonds. The number of hydrogen-bond donors (Lipinski definition) is 1. The molecule has 3 heterocycles. The molecule has 0 radical (unpaired) electrons. The average Bonchev–Trinajstić information content (AvgIpc) is 2.85. The highest BCUT2D eigenvalue weighted by atomic mass is 15.4. The molecule has 0 bridgehead atoms. The van der Waals surface area contributed by atoms with Gasteiger partial charge >= 0.3 is 0 Å². The first-order chi connectivity index (χ1) is 9.65. The minimum Gasteiger partial charge on any atom is -0.364 e. The van der Waals surface area contributed by atoms with Crippen LogP contribution in [0.15, 0.2) is 6.20 Å². The average molecular weight is 272 g/mol. The van der Waals surface area contributed by atoms with Crippen LogP contribution in [0.2, 0.25) is 0 Å². The molecule has 1 atom stereocenters. The van der Waals surface area contributed by atoms with Crippen molar-refractivity contribution >= 4 is 5.82 Å². The number of hydrogen-bond acceptors (Lipinski definition) is 5. The molecule has 0 spiro atoms. The summed E-state index contributed by atoms with van der Waals surface area (Å²) in [5.41, 5.74) is 1.87. The molecule has 0 saturated carbocycles. The highest BCUT2D eigenvalue weighted by molar-refractivity contribution is 5.40. The summed E-state index contributed by atoms with van der Waals surface area (Å²) in [6, 6.07) is 0.337. The molecule has 1 N–H and O–H groups in total. The fourth-order valence-corrected chi connectivity index (χ4v) is 2.50. The normalized spacial score (nSPS) is 17.9. The van der Waals surface area contributed by atoms with Gasteiger partial charge in [-0.05, 0) is 20.3 Å². The highest BCUT2D eigenvalue weighted by Crippen LogP contribution is 2.18. The fraction of sp³-hybridized carbons (Fsp3) is 0.571. The highest BCUT2D eigenvalue weighted by Gasteiger charge is 2.22. The largest absolute Gasteiger partial charge is 0.364 e. The molecule has 0 aliphatic carbocycles. The van der Waals surface area contributed by atoms with Gasteiger partial charge < -0.3 is 5.32 Å². The molecule has 6 heteroatoms. The Kier molecular flexibility index (Phi) is 3.38. The molecule has 1 aliphatic rings. The summed E-state index contributed by atoms with van der Waals surface area (Å²) in [7, 11) is 0. The molecule has 3 rings (SSSR count). The second-order valence-electron chi connectivity index (χ2n) is 5.31. The molecule has 1 aliphatic heterocycles. The number of nitrogens with zero attached hydrogens (tertiary/aromatic N) is 5. The Morgan fingerprint density at radius 2 is 2.20 bits per heavy atom. The molecular formula is C14H20N6. The number of fused-ring (bicyclic) bond motifs is 1. The Labute approximate surface area is 118 Å². The lowest BCUT2D eigenvalue weighted by Crippen LogP contribution is -2.32. The van der Waals surface area contributed by atoms with E-state index >= 15 is 0 Å². The number of nitrogens with one attached hydrogen (secondary N) is 1. The lowest BCUT2D eigenvalue weighted by Gasteiger charge is -2.24. The second-order valence-corrected chi connectivity index (χ2v) is 5.31. The van der Waals surface area contributed by atoms with E-state index in [0.29, 0.717) is 6.04 Å². The van der Waals surface area contributed by atoms with Crippen molar-refractivity contribution in [1.29, 1.82) is 0 Å². The lowest BCUT2D eigenvalue weighted by atomic mass is 10.1. The third-order valence-electron chi connectivity index (χ3n) is 3.63. The SMILES string of the molecule is CCc1nc2n(n1)CC(Nc1nc(C)cnc1C)CC2. The third kappa shape index (κ3) is 2.50. The van der Waals surface area contributed by atoms with Crippen LogP contribution in [-0.4, -0.2) is 30.8 Å². The van der Waals surface area contributed by atoms with Crippen LogP contribution < -0.4 is 5.32 Å². The van der Waals surface area contributed by atoms with Crippen LogP contribution in [-0.2, 0) is 19.4 Å². The lowest BCUT2D eigenvalue weighted by molar-refractivity contribution is 0.439. The van der Waals surface area contributed by atoms with E-state index in [1.165, 1.54) is 0 Å². The van der Waals surface area contributed by atoms with Crippen molar-refractivity contribution in [3.05, 3.63) is 29.2 Å². The van der Waals surface area contributed by atoms with E-state index in [2.05, 4.69) is 32.3 Å². The molecule has 6 nitrogen and oxygen atoms in total. The Morgan fingerprint density at radius 3 is 3.00 bits per heavy atom. The Bertz CT molecular complexity index is 618. The molecule has 2 aromatic rings. The molecule has 0 fully saturated rings. The van der Waals surface area contributed by atoms with Gasteiger partial charge in [0.25, 0.3) is 0 Å². The van der Waals surface area contributed by atoms with Gasteiger partial charge in [-0.15, -0.1) is 0 Å². The van der Waals surface area contributed by atoms with Gasteiger partial charge in [-0.3, -0.25) is 4.98 Å². The van der Waals surface area contributed by atoms with Gasteiger partial charge in [-0.2, -0.15) is 5.10 Å². The molecular weight excluding hydrogens is 252 g/mol. The van der Waals surface area contributed by atoms with E-state index in [9.17, 15) is 0 Å². The first-order valence-electron chi connectivity index (χ1n) is 7.15. The van der Waals surface area contributed by atoms with Crippen molar-refractivity contribution in [3.8, 4) is 0 Å².